The standard InChI is InChI=1S/C23H19N5O.C23H25N5/c1-14(16-3-2-6-24-12-16)28-18-10-20(22-21(11-18)25-7-8-26-22)15-4-5-19-17(9-15)13-27-23(19)29;1-28-10-6-17-4-5-18(11-22(17)28)20-12-19(13-21-23(20)26-9-8-25-21)27-15-16-3-2-7-24-14-16/h2-12,14,28H,13H2,1H3,(H,27,29);4-6,8-13,16,24,27H,2-3,7,14-15H2,1H3. The average Bonchev–Trinajstić information content (AvgIpc) is 3.83. The van der Waals surface area contributed by atoms with Gasteiger partial charge in [-0.3, -0.25) is 29.7 Å². The maximum Gasteiger partial charge on any atom is 0.251 e. The van der Waals surface area contributed by atoms with E-state index in [2.05, 4.69) is 126 Å². The zero-order chi connectivity index (χ0) is 38.7. The molecule has 0 bridgehead atoms. The van der Waals surface area contributed by atoms with Gasteiger partial charge in [-0.05, 0) is 121 Å². The molecule has 0 spiro atoms. The van der Waals surface area contributed by atoms with E-state index in [4.69, 9.17) is 0 Å². The van der Waals surface area contributed by atoms with E-state index in [1.54, 1.807) is 31.0 Å². The van der Waals surface area contributed by atoms with Crippen LogP contribution >= 0.6 is 0 Å². The summed E-state index contributed by atoms with van der Waals surface area (Å²) in [5.41, 5.74) is 14.0. The van der Waals surface area contributed by atoms with E-state index < -0.39 is 0 Å². The Morgan fingerprint density at radius 2 is 1.54 bits per heavy atom. The van der Waals surface area contributed by atoms with Gasteiger partial charge < -0.3 is 25.8 Å². The van der Waals surface area contributed by atoms with Crippen molar-refractivity contribution in [2.24, 2.45) is 13.0 Å². The molecule has 2 aliphatic heterocycles. The molecule has 4 aromatic carbocycles. The summed E-state index contributed by atoms with van der Waals surface area (Å²) in [7, 11) is 2.08. The van der Waals surface area contributed by atoms with Gasteiger partial charge in [-0.2, -0.15) is 0 Å². The zero-order valence-corrected chi connectivity index (χ0v) is 32.0. The highest BCUT2D eigenvalue weighted by atomic mass is 16.1. The van der Waals surface area contributed by atoms with Crippen LogP contribution in [-0.2, 0) is 13.6 Å². The fraction of sp³-hybridized carbons (Fsp3) is 0.217. The van der Waals surface area contributed by atoms with Crippen LogP contribution in [0.25, 0.3) is 55.2 Å². The number of nitrogens with one attached hydrogen (secondary N) is 4. The second-order valence-corrected chi connectivity index (χ2v) is 14.9. The Balaban J connectivity index is 0.000000148. The van der Waals surface area contributed by atoms with Crippen LogP contribution in [0.4, 0.5) is 11.4 Å². The Labute approximate surface area is 331 Å². The van der Waals surface area contributed by atoms with E-state index in [-0.39, 0.29) is 11.9 Å². The number of carbonyl (C=O) groups excluding carboxylic acids is 1. The number of anilines is 2. The highest BCUT2D eigenvalue weighted by molar-refractivity contribution is 6.01. The summed E-state index contributed by atoms with van der Waals surface area (Å²) >= 11 is 0. The molecular formula is C46H44N10O. The molecule has 0 saturated carbocycles. The van der Waals surface area contributed by atoms with Crippen LogP contribution in [0.2, 0.25) is 0 Å². The second-order valence-electron chi connectivity index (χ2n) is 14.9. The maximum absolute atomic E-state index is 11.9. The van der Waals surface area contributed by atoms with Gasteiger partial charge >= 0.3 is 0 Å². The summed E-state index contributed by atoms with van der Waals surface area (Å²) in [4.78, 5) is 34.4. The van der Waals surface area contributed by atoms with Crippen molar-refractivity contribution in [3.8, 4) is 22.3 Å². The van der Waals surface area contributed by atoms with Crippen LogP contribution in [0.15, 0.2) is 122 Å². The van der Waals surface area contributed by atoms with Gasteiger partial charge in [-0.15, -0.1) is 0 Å². The van der Waals surface area contributed by atoms with Crippen molar-refractivity contribution in [1.82, 2.24) is 40.1 Å². The average molecular weight is 753 g/mol. The Bertz CT molecular complexity index is 2720. The molecule has 0 aliphatic carbocycles. The van der Waals surface area contributed by atoms with Gasteiger partial charge in [0.2, 0.25) is 0 Å². The molecule has 2 unspecified atom stereocenters. The molecule has 6 heterocycles. The number of nitrogens with zero attached hydrogens (tertiary/aromatic N) is 6. The quantitative estimate of drug-likeness (QED) is 0.121. The SMILES string of the molecule is CC(Nc1cc(-c2ccc3c(c2)CNC3=O)c2nccnc2c1)c1cccnc1.Cn1ccc2ccc(-c3cc(NCC4CCCNC4)cc4nccnc34)cc21. The van der Waals surface area contributed by atoms with Gasteiger partial charge in [0.15, 0.2) is 0 Å². The molecule has 2 aliphatic rings. The summed E-state index contributed by atoms with van der Waals surface area (Å²) in [5.74, 6) is 0.659. The summed E-state index contributed by atoms with van der Waals surface area (Å²) in [5, 5.41) is 14.8. The number of hydrogen-bond donors (Lipinski definition) is 4. The molecule has 11 heteroatoms. The number of benzene rings is 4. The molecule has 4 aromatic heterocycles. The van der Waals surface area contributed by atoms with E-state index in [0.717, 1.165) is 86.5 Å². The monoisotopic (exact) mass is 752 g/mol. The number of rotatable bonds is 8. The highest BCUT2D eigenvalue weighted by Crippen LogP contribution is 2.34. The number of hydrogen-bond acceptors (Lipinski definition) is 9. The van der Waals surface area contributed by atoms with E-state index in [1.807, 2.05) is 30.5 Å². The molecule has 10 rings (SSSR count). The van der Waals surface area contributed by atoms with E-state index in [1.165, 1.54) is 29.3 Å². The Morgan fingerprint density at radius 3 is 2.30 bits per heavy atom. The lowest BCUT2D eigenvalue weighted by molar-refractivity contribution is 0.0965. The van der Waals surface area contributed by atoms with Crippen molar-refractivity contribution in [3.05, 3.63) is 139 Å². The van der Waals surface area contributed by atoms with Crippen molar-refractivity contribution in [3.63, 3.8) is 0 Å². The van der Waals surface area contributed by atoms with Crippen molar-refractivity contribution in [2.75, 3.05) is 30.3 Å². The Morgan fingerprint density at radius 1 is 0.807 bits per heavy atom. The van der Waals surface area contributed by atoms with Crippen molar-refractivity contribution in [1.29, 1.82) is 0 Å². The molecule has 8 aromatic rings. The molecule has 57 heavy (non-hydrogen) atoms. The first-order chi connectivity index (χ1) is 28.0. The molecule has 1 amide bonds. The largest absolute Gasteiger partial charge is 0.385 e. The summed E-state index contributed by atoms with van der Waals surface area (Å²) < 4.78 is 2.16. The van der Waals surface area contributed by atoms with Crippen molar-refractivity contribution < 1.29 is 4.79 Å². The van der Waals surface area contributed by atoms with Gasteiger partial charge in [0.1, 0.15) is 0 Å². The van der Waals surface area contributed by atoms with Gasteiger partial charge in [0, 0.05) is 97.1 Å². The Hall–Kier alpha value is -6.72. The molecule has 11 nitrogen and oxygen atoms in total. The third kappa shape index (κ3) is 7.61. The molecular weight excluding hydrogens is 709 g/mol. The number of aryl methyl sites for hydroxylation is 1. The van der Waals surface area contributed by atoms with Gasteiger partial charge in [-0.1, -0.05) is 24.3 Å². The fourth-order valence-corrected chi connectivity index (χ4v) is 7.93. The van der Waals surface area contributed by atoms with Gasteiger partial charge in [0.05, 0.1) is 28.1 Å². The number of amides is 1. The number of fused-ring (bicyclic) bond motifs is 4. The number of aromatic nitrogens is 6. The van der Waals surface area contributed by atoms with E-state index in [9.17, 15) is 4.79 Å². The third-order valence-corrected chi connectivity index (χ3v) is 11.0. The minimum Gasteiger partial charge on any atom is -0.385 e. The lowest BCUT2D eigenvalue weighted by Crippen LogP contribution is -2.33. The maximum atomic E-state index is 11.9. The molecule has 0 radical (unpaired) electrons. The van der Waals surface area contributed by atoms with Crippen LogP contribution < -0.4 is 21.3 Å². The molecule has 4 N–H and O–H groups in total. The lowest BCUT2D eigenvalue weighted by atomic mass is 9.98. The first-order valence-corrected chi connectivity index (χ1v) is 19.5. The molecule has 1 saturated heterocycles. The minimum atomic E-state index is -0.0167. The number of carbonyl (C=O) groups is 1. The normalized spacial score (nSPS) is 15.5. The molecule has 284 valence electrons. The first-order valence-electron chi connectivity index (χ1n) is 19.5. The van der Waals surface area contributed by atoms with Crippen molar-refractivity contribution in [2.45, 2.75) is 32.4 Å². The molecule has 1 fully saturated rings. The zero-order valence-electron chi connectivity index (χ0n) is 32.0. The minimum absolute atomic E-state index is 0.0167. The summed E-state index contributed by atoms with van der Waals surface area (Å²) in [6.45, 7) is 5.88. The van der Waals surface area contributed by atoms with Gasteiger partial charge in [0.25, 0.3) is 5.91 Å². The second kappa shape index (κ2) is 15.8. The number of pyridine rings is 1. The number of piperidine rings is 1. The summed E-state index contributed by atoms with van der Waals surface area (Å²) in [6, 6.07) is 27.2. The summed E-state index contributed by atoms with van der Waals surface area (Å²) in [6.07, 6.45) is 15.2. The lowest BCUT2D eigenvalue weighted by Gasteiger charge is -2.23. The predicted molar refractivity (Wildman–Crippen MR) is 228 cm³/mol. The first kappa shape index (κ1) is 35.9. The fourth-order valence-electron chi connectivity index (χ4n) is 7.93. The van der Waals surface area contributed by atoms with E-state index in [0.29, 0.717) is 12.5 Å². The van der Waals surface area contributed by atoms with Crippen molar-refractivity contribution >= 4 is 50.3 Å². The Kier molecular flexibility index (Phi) is 9.96. The third-order valence-electron chi connectivity index (χ3n) is 11.0. The van der Waals surface area contributed by atoms with Crippen LogP contribution in [-0.4, -0.2) is 55.0 Å². The van der Waals surface area contributed by atoms with Crippen LogP contribution in [0.3, 0.4) is 0 Å². The smallest absolute Gasteiger partial charge is 0.251 e. The van der Waals surface area contributed by atoms with E-state index >= 15 is 0 Å². The molecule has 2 atom stereocenters. The van der Waals surface area contributed by atoms with Crippen LogP contribution in [0.1, 0.15) is 47.3 Å². The highest BCUT2D eigenvalue weighted by Gasteiger charge is 2.20. The predicted octanol–water partition coefficient (Wildman–Crippen LogP) is 8.31. The topological polar surface area (TPSA) is 135 Å². The van der Waals surface area contributed by atoms with Gasteiger partial charge in [-0.25, -0.2) is 0 Å². The van der Waals surface area contributed by atoms with Crippen LogP contribution in [0.5, 0.6) is 0 Å². The van der Waals surface area contributed by atoms with Crippen LogP contribution in [0, 0.1) is 5.92 Å².